The van der Waals surface area contributed by atoms with E-state index in [1.807, 2.05) is 53.8 Å². The highest BCUT2D eigenvalue weighted by molar-refractivity contribution is 5.91. The fourth-order valence-corrected chi connectivity index (χ4v) is 3.55. The lowest BCUT2D eigenvalue weighted by molar-refractivity contribution is -0.141. The maximum Gasteiger partial charge on any atom is 0.326 e. The molecule has 0 spiro atoms. The number of hydrogen-bond donors (Lipinski definition) is 2. The zero-order valence-electron chi connectivity index (χ0n) is 17.6. The monoisotopic (exact) mass is 408 g/mol. The van der Waals surface area contributed by atoms with Gasteiger partial charge in [0.1, 0.15) is 11.9 Å². The van der Waals surface area contributed by atoms with Gasteiger partial charge in [-0.1, -0.05) is 20.8 Å². The Morgan fingerprint density at radius 3 is 2.60 bits per heavy atom. The van der Waals surface area contributed by atoms with Gasteiger partial charge in [0, 0.05) is 30.7 Å². The summed E-state index contributed by atoms with van der Waals surface area (Å²) < 4.78 is 5.94. The third-order valence-corrected chi connectivity index (χ3v) is 5.17. The van der Waals surface area contributed by atoms with Crippen molar-refractivity contribution in [1.82, 2.24) is 15.1 Å². The van der Waals surface area contributed by atoms with Crippen LogP contribution in [0.1, 0.15) is 27.2 Å². The Balaban J connectivity index is 1.24. The third-order valence-electron chi connectivity index (χ3n) is 5.17. The average molecular weight is 409 g/mol. The maximum absolute atomic E-state index is 12.5. The molecule has 1 saturated heterocycles. The van der Waals surface area contributed by atoms with Gasteiger partial charge in [0.15, 0.2) is 0 Å². The van der Waals surface area contributed by atoms with E-state index in [1.165, 1.54) is 0 Å². The summed E-state index contributed by atoms with van der Waals surface area (Å²) in [6.07, 6.45) is 8.11. The Kier molecular flexibility index (Phi) is 5.28. The summed E-state index contributed by atoms with van der Waals surface area (Å²) in [6.45, 7) is 7.99. The number of amides is 3. The molecule has 158 valence electrons. The molecule has 0 bridgehead atoms. The Labute approximate surface area is 177 Å². The van der Waals surface area contributed by atoms with Crippen LogP contribution < -0.4 is 15.4 Å². The first-order valence-corrected chi connectivity index (χ1v) is 10.2. The number of carbonyl (C=O) groups is 2. The molecule has 0 radical (unpaired) electrons. The molecular weight excluding hydrogens is 380 g/mol. The molecule has 0 unspecified atom stereocenters. The highest BCUT2D eigenvalue weighted by atomic mass is 16.5. The van der Waals surface area contributed by atoms with E-state index in [4.69, 9.17) is 4.74 Å². The molecule has 3 aliphatic rings. The highest BCUT2D eigenvalue weighted by Crippen LogP contribution is 2.26. The van der Waals surface area contributed by atoms with Crippen LogP contribution in [0.25, 0.3) is 0 Å². The zero-order valence-corrected chi connectivity index (χ0v) is 17.6. The Morgan fingerprint density at radius 2 is 1.93 bits per heavy atom. The Bertz CT molecular complexity index is 919. The van der Waals surface area contributed by atoms with Gasteiger partial charge in [-0.2, -0.15) is 0 Å². The number of benzene rings is 1. The van der Waals surface area contributed by atoms with Crippen LogP contribution >= 0.6 is 0 Å². The first-order valence-electron chi connectivity index (χ1n) is 10.2. The topological polar surface area (TPSA) is 73.9 Å². The minimum Gasteiger partial charge on any atom is -0.487 e. The van der Waals surface area contributed by atoms with Crippen molar-refractivity contribution in [1.29, 1.82) is 0 Å². The number of anilines is 1. The summed E-state index contributed by atoms with van der Waals surface area (Å²) in [6, 6.07) is 7.16. The molecule has 0 aromatic heterocycles. The summed E-state index contributed by atoms with van der Waals surface area (Å²) in [7, 11) is 0. The number of dihydropyridines is 1. The first kappa shape index (κ1) is 20.1. The molecule has 0 aliphatic carbocycles. The molecule has 7 nitrogen and oxygen atoms in total. The van der Waals surface area contributed by atoms with Gasteiger partial charge in [-0.05, 0) is 46.9 Å². The van der Waals surface area contributed by atoms with Crippen LogP contribution in [0.15, 0.2) is 60.1 Å². The lowest BCUT2D eigenvalue weighted by atomic mass is 9.91. The molecule has 1 aromatic carbocycles. The van der Waals surface area contributed by atoms with Crippen molar-refractivity contribution < 1.29 is 14.3 Å². The number of allylic oxidation sites excluding steroid dienone is 1. The second kappa shape index (κ2) is 7.89. The van der Waals surface area contributed by atoms with E-state index in [1.54, 1.807) is 4.90 Å². The van der Waals surface area contributed by atoms with Gasteiger partial charge < -0.3 is 20.3 Å². The first-order chi connectivity index (χ1) is 14.3. The fraction of sp³-hybridized carbons (Fsp3) is 0.391. The van der Waals surface area contributed by atoms with E-state index in [9.17, 15) is 9.59 Å². The van der Waals surface area contributed by atoms with Crippen LogP contribution in [-0.2, 0) is 4.79 Å². The van der Waals surface area contributed by atoms with Gasteiger partial charge in [0.05, 0.1) is 19.6 Å². The number of ether oxygens (including phenoxy) is 1. The third kappa shape index (κ3) is 4.67. The van der Waals surface area contributed by atoms with Crippen molar-refractivity contribution in [3.8, 4) is 5.75 Å². The van der Waals surface area contributed by atoms with Gasteiger partial charge in [0.2, 0.25) is 5.91 Å². The number of rotatable bonds is 4. The van der Waals surface area contributed by atoms with E-state index < -0.39 is 0 Å². The molecule has 3 heterocycles. The SMILES string of the molecule is CC(C)(C)CC(=O)N1CC(Oc2ccc(NC(=O)N3C=C4C=CNC=C4C3)cc2)C1. The standard InChI is InChI=1S/C23H28N4O3/c1-23(2,3)10-21(28)26-14-20(15-26)30-19-6-4-18(5-7-19)25-22(29)27-12-16-8-9-24-11-17(16)13-27/h4-9,11-12,20,24H,10,13-15H2,1-3H3,(H,25,29). The van der Waals surface area contributed by atoms with E-state index in [-0.39, 0.29) is 23.5 Å². The summed E-state index contributed by atoms with van der Waals surface area (Å²) in [4.78, 5) is 28.2. The molecule has 30 heavy (non-hydrogen) atoms. The summed E-state index contributed by atoms with van der Waals surface area (Å²) in [5, 5.41) is 5.95. The van der Waals surface area contributed by atoms with Crippen molar-refractivity contribution in [3.05, 3.63) is 60.1 Å². The van der Waals surface area contributed by atoms with Gasteiger partial charge in [-0.15, -0.1) is 0 Å². The number of nitrogens with zero attached hydrogens (tertiary/aromatic N) is 2. The lowest BCUT2D eigenvalue weighted by Gasteiger charge is -2.40. The molecule has 1 aromatic rings. The van der Waals surface area contributed by atoms with Crippen molar-refractivity contribution in [2.24, 2.45) is 5.41 Å². The minimum atomic E-state index is -0.174. The molecule has 2 N–H and O–H groups in total. The summed E-state index contributed by atoms with van der Waals surface area (Å²) in [5.74, 6) is 0.913. The number of hydrogen-bond acceptors (Lipinski definition) is 4. The second-order valence-corrected chi connectivity index (χ2v) is 9.11. The predicted molar refractivity (Wildman–Crippen MR) is 116 cm³/mol. The van der Waals surface area contributed by atoms with E-state index in [0.717, 1.165) is 16.9 Å². The quantitative estimate of drug-likeness (QED) is 0.800. The Morgan fingerprint density at radius 1 is 1.20 bits per heavy atom. The molecule has 0 saturated carbocycles. The summed E-state index contributed by atoms with van der Waals surface area (Å²) >= 11 is 0. The smallest absolute Gasteiger partial charge is 0.326 e. The number of carbonyl (C=O) groups excluding carboxylic acids is 2. The largest absolute Gasteiger partial charge is 0.487 e. The van der Waals surface area contributed by atoms with Crippen molar-refractivity contribution in [2.75, 3.05) is 25.0 Å². The second-order valence-electron chi connectivity index (χ2n) is 9.11. The fourth-order valence-electron chi connectivity index (χ4n) is 3.55. The van der Waals surface area contributed by atoms with Crippen LogP contribution in [0, 0.1) is 5.41 Å². The summed E-state index contributed by atoms with van der Waals surface area (Å²) in [5.41, 5.74) is 2.84. The zero-order chi connectivity index (χ0) is 21.3. The molecule has 3 amide bonds. The normalized spacial score (nSPS) is 18.1. The van der Waals surface area contributed by atoms with Gasteiger partial charge >= 0.3 is 6.03 Å². The molecule has 7 heteroatoms. The van der Waals surface area contributed by atoms with Gasteiger partial charge in [-0.25, -0.2) is 4.79 Å². The number of likely N-dealkylation sites (tertiary alicyclic amines) is 1. The maximum atomic E-state index is 12.5. The molecule has 4 rings (SSSR count). The molecule has 1 fully saturated rings. The van der Waals surface area contributed by atoms with Crippen LogP contribution in [0.2, 0.25) is 0 Å². The highest BCUT2D eigenvalue weighted by Gasteiger charge is 2.33. The van der Waals surface area contributed by atoms with E-state index >= 15 is 0 Å². The van der Waals surface area contributed by atoms with Gasteiger partial charge in [-0.3, -0.25) is 9.69 Å². The van der Waals surface area contributed by atoms with Gasteiger partial charge in [0.25, 0.3) is 0 Å². The van der Waals surface area contributed by atoms with Crippen LogP contribution in [0.4, 0.5) is 10.5 Å². The number of fused-ring (bicyclic) bond motifs is 1. The molecule has 0 atom stereocenters. The average Bonchev–Trinajstić information content (AvgIpc) is 3.08. The van der Waals surface area contributed by atoms with Crippen LogP contribution in [-0.4, -0.2) is 47.5 Å². The number of urea groups is 1. The van der Waals surface area contributed by atoms with Crippen molar-refractivity contribution in [2.45, 2.75) is 33.3 Å². The molecule has 3 aliphatic heterocycles. The van der Waals surface area contributed by atoms with E-state index in [0.29, 0.717) is 31.7 Å². The van der Waals surface area contributed by atoms with Crippen LogP contribution in [0.5, 0.6) is 5.75 Å². The molecular formula is C23H28N4O3. The lowest BCUT2D eigenvalue weighted by Crippen LogP contribution is -2.56. The minimum absolute atomic E-state index is 0.00262. The number of nitrogens with one attached hydrogen (secondary N) is 2. The predicted octanol–water partition coefficient (Wildman–Crippen LogP) is 3.44. The van der Waals surface area contributed by atoms with E-state index in [2.05, 4.69) is 31.4 Å². The van der Waals surface area contributed by atoms with Crippen molar-refractivity contribution >= 4 is 17.6 Å². The van der Waals surface area contributed by atoms with Crippen LogP contribution in [0.3, 0.4) is 0 Å². The van der Waals surface area contributed by atoms with Crippen molar-refractivity contribution in [3.63, 3.8) is 0 Å². The Hall–Kier alpha value is -3.22.